The van der Waals surface area contributed by atoms with E-state index < -0.39 is 0 Å². The molecule has 1 aliphatic heterocycles. The van der Waals surface area contributed by atoms with Gasteiger partial charge in [0.15, 0.2) is 0 Å². The molecule has 100 valence electrons. The first-order valence-electron chi connectivity index (χ1n) is 6.65. The van der Waals surface area contributed by atoms with E-state index in [0.29, 0.717) is 12.5 Å². The molecule has 1 heterocycles. The summed E-state index contributed by atoms with van der Waals surface area (Å²) in [5, 5.41) is 3.05. The molecule has 0 aliphatic carbocycles. The highest BCUT2D eigenvalue weighted by molar-refractivity contribution is 5.81. The molecule has 1 saturated heterocycles. The molecule has 0 bridgehead atoms. The van der Waals surface area contributed by atoms with Gasteiger partial charge in [-0.05, 0) is 40.0 Å². The normalized spacial score (nSPS) is 21.2. The van der Waals surface area contributed by atoms with E-state index in [9.17, 15) is 4.79 Å². The van der Waals surface area contributed by atoms with Gasteiger partial charge in [0.25, 0.3) is 0 Å². The number of amides is 1. The highest BCUT2D eigenvalue weighted by Crippen LogP contribution is 2.20. The number of likely N-dealkylation sites (tertiary alicyclic amines) is 1. The number of carbonyl (C=O) groups excluding carboxylic acids is 1. The fourth-order valence-corrected chi connectivity index (χ4v) is 2.19. The van der Waals surface area contributed by atoms with E-state index >= 15 is 0 Å². The van der Waals surface area contributed by atoms with Gasteiger partial charge in [0.1, 0.15) is 0 Å². The predicted octanol–water partition coefficient (Wildman–Crippen LogP) is 1.10. The van der Waals surface area contributed by atoms with Crippen LogP contribution >= 0.6 is 0 Å². The molecule has 0 aromatic heterocycles. The zero-order valence-corrected chi connectivity index (χ0v) is 11.6. The van der Waals surface area contributed by atoms with Crippen LogP contribution in [0.1, 0.15) is 47.0 Å². The Morgan fingerprint density at radius 2 is 1.94 bits per heavy atom. The molecule has 0 saturated carbocycles. The minimum absolute atomic E-state index is 0.00158. The van der Waals surface area contributed by atoms with Gasteiger partial charge in [0.2, 0.25) is 5.91 Å². The second-order valence-electron chi connectivity index (χ2n) is 5.96. The molecule has 0 spiro atoms. The third kappa shape index (κ3) is 4.28. The van der Waals surface area contributed by atoms with Crippen molar-refractivity contribution in [1.82, 2.24) is 10.2 Å². The van der Waals surface area contributed by atoms with Crippen LogP contribution in [0.4, 0.5) is 0 Å². The van der Waals surface area contributed by atoms with Gasteiger partial charge in [-0.1, -0.05) is 6.92 Å². The molecule has 4 nitrogen and oxygen atoms in total. The lowest BCUT2D eigenvalue weighted by molar-refractivity contribution is -0.123. The Labute approximate surface area is 105 Å². The van der Waals surface area contributed by atoms with Gasteiger partial charge in [0, 0.05) is 24.7 Å². The van der Waals surface area contributed by atoms with Crippen molar-refractivity contribution in [2.75, 3.05) is 13.1 Å². The van der Waals surface area contributed by atoms with E-state index in [1.165, 1.54) is 0 Å². The summed E-state index contributed by atoms with van der Waals surface area (Å²) in [4.78, 5) is 14.1. The summed E-state index contributed by atoms with van der Waals surface area (Å²) in [6.07, 6.45) is 2.76. The van der Waals surface area contributed by atoms with Crippen LogP contribution in [0.25, 0.3) is 0 Å². The van der Waals surface area contributed by atoms with Gasteiger partial charge in [-0.2, -0.15) is 0 Å². The molecule has 4 heteroatoms. The number of hydrogen-bond donors (Lipinski definition) is 2. The van der Waals surface area contributed by atoms with Crippen molar-refractivity contribution in [2.45, 2.75) is 64.6 Å². The Morgan fingerprint density at radius 3 is 2.35 bits per heavy atom. The molecule has 1 rings (SSSR count). The Hall–Kier alpha value is -0.610. The SMILES string of the molecule is CCC(N)C(=O)NC1CCN(C(C)(C)C)CC1. The van der Waals surface area contributed by atoms with Gasteiger partial charge < -0.3 is 11.1 Å². The van der Waals surface area contributed by atoms with Crippen molar-refractivity contribution in [3.05, 3.63) is 0 Å². The summed E-state index contributed by atoms with van der Waals surface area (Å²) < 4.78 is 0. The topological polar surface area (TPSA) is 58.4 Å². The Bertz CT molecular complexity index is 252. The van der Waals surface area contributed by atoms with Crippen LogP contribution in [0.5, 0.6) is 0 Å². The summed E-state index contributed by atoms with van der Waals surface area (Å²) in [6.45, 7) is 10.7. The molecule has 1 atom stereocenters. The van der Waals surface area contributed by atoms with Crippen LogP contribution in [0, 0.1) is 0 Å². The van der Waals surface area contributed by atoms with E-state index in [1.807, 2.05) is 6.92 Å². The summed E-state index contributed by atoms with van der Waals surface area (Å²) in [5.41, 5.74) is 5.94. The number of carbonyl (C=O) groups is 1. The molecule has 0 radical (unpaired) electrons. The maximum atomic E-state index is 11.7. The second-order valence-corrected chi connectivity index (χ2v) is 5.96. The number of nitrogens with one attached hydrogen (secondary N) is 1. The molecular formula is C13H27N3O. The van der Waals surface area contributed by atoms with Crippen molar-refractivity contribution in [3.63, 3.8) is 0 Å². The maximum absolute atomic E-state index is 11.7. The minimum atomic E-state index is -0.351. The number of hydrogen-bond acceptors (Lipinski definition) is 3. The first-order valence-corrected chi connectivity index (χ1v) is 6.65. The first kappa shape index (κ1) is 14.5. The molecule has 3 N–H and O–H groups in total. The van der Waals surface area contributed by atoms with Crippen molar-refractivity contribution >= 4 is 5.91 Å². The standard InChI is InChI=1S/C13H27N3O/c1-5-11(14)12(17)15-10-6-8-16(9-7-10)13(2,3)4/h10-11H,5-9,14H2,1-4H3,(H,15,17). The fourth-order valence-electron chi connectivity index (χ4n) is 2.19. The lowest BCUT2D eigenvalue weighted by atomic mass is 9.98. The van der Waals surface area contributed by atoms with E-state index in [-0.39, 0.29) is 17.5 Å². The number of rotatable bonds is 3. The third-order valence-electron chi connectivity index (χ3n) is 3.57. The average molecular weight is 241 g/mol. The molecule has 17 heavy (non-hydrogen) atoms. The molecule has 1 fully saturated rings. The van der Waals surface area contributed by atoms with Gasteiger partial charge >= 0.3 is 0 Å². The Balaban J connectivity index is 2.35. The Kier molecular flexibility index (Phi) is 4.95. The summed E-state index contributed by atoms with van der Waals surface area (Å²) >= 11 is 0. The molecule has 1 unspecified atom stereocenters. The third-order valence-corrected chi connectivity index (χ3v) is 3.57. The molecule has 0 aromatic carbocycles. The predicted molar refractivity (Wildman–Crippen MR) is 70.8 cm³/mol. The average Bonchev–Trinajstić information content (AvgIpc) is 2.27. The number of piperidine rings is 1. The van der Waals surface area contributed by atoms with Crippen LogP contribution in [-0.4, -0.2) is 41.5 Å². The smallest absolute Gasteiger partial charge is 0.237 e. The van der Waals surface area contributed by atoms with Crippen LogP contribution in [0.15, 0.2) is 0 Å². The van der Waals surface area contributed by atoms with E-state index in [2.05, 4.69) is 31.0 Å². The highest BCUT2D eigenvalue weighted by Gasteiger charge is 2.28. The van der Waals surface area contributed by atoms with Crippen LogP contribution < -0.4 is 11.1 Å². The highest BCUT2D eigenvalue weighted by atomic mass is 16.2. The molecule has 0 aromatic rings. The monoisotopic (exact) mass is 241 g/mol. The molecule has 1 amide bonds. The maximum Gasteiger partial charge on any atom is 0.237 e. The number of nitrogens with zero attached hydrogens (tertiary/aromatic N) is 1. The largest absolute Gasteiger partial charge is 0.352 e. The van der Waals surface area contributed by atoms with Crippen molar-refractivity contribution in [2.24, 2.45) is 5.73 Å². The van der Waals surface area contributed by atoms with Gasteiger partial charge in [0.05, 0.1) is 6.04 Å². The number of nitrogens with two attached hydrogens (primary N) is 1. The summed E-state index contributed by atoms with van der Waals surface area (Å²) in [7, 11) is 0. The van der Waals surface area contributed by atoms with Crippen molar-refractivity contribution < 1.29 is 4.79 Å². The Morgan fingerprint density at radius 1 is 1.41 bits per heavy atom. The van der Waals surface area contributed by atoms with E-state index in [1.54, 1.807) is 0 Å². The lowest BCUT2D eigenvalue weighted by Crippen LogP contribution is -2.53. The zero-order chi connectivity index (χ0) is 13.1. The van der Waals surface area contributed by atoms with E-state index in [0.717, 1.165) is 25.9 Å². The lowest BCUT2D eigenvalue weighted by Gasteiger charge is -2.41. The van der Waals surface area contributed by atoms with Crippen molar-refractivity contribution in [1.29, 1.82) is 0 Å². The van der Waals surface area contributed by atoms with Crippen LogP contribution in [0.3, 0.4) is 0 Å². The van der Waals surface area contributed by atoms with Crippen molar-refractivity contribution in [3.8, 4) is 0 Å². The van der Waals surface area contributed by atoms with E-state index in [4.69, 9.17) is 5.73 Å². The zero-order valence-electron chi connectivity index (χ0n) is 11.6. The second kappa shape index (κ2) is 5.83. The van der Waals surface area contributed by atoms with Gasteiger partial charge in [-0.15, -0.1) is 0 Å². The molecule has 1 aliphatic rings. The minimum Gasteiger partial charge on any atom is -0.352 e. The molecular weight excluding hydrogens is 214 g/mol. The van der Waals surface area contributed by atoms with Gasteiger partial charge in [-0.3, -0.25) is 9.69 Å². The summed E-state index contributed by atoms with van der Waals surface area (Å²) in [6, 6.07) is -0.0469. The van der Waals surface area contributed by atoms with Gasteiger partial charge in [-0.25, -0.2) is 0 Å². The van der Waals surface area contributed by atoms with Crippen LogP contribution in [0.2, 0.25) is 0 Å². The summed E-state index contributed by atoms with van der Waals surface area (Å²) in [5.74, 6) is 0.00158. The first-order chi connectivity index (χ1) is 7.84. The fraction of sp³-hybridized carbons (Fsp3) is 0.923. The quantitative estimate of drug-likeness (QED) is 0.778. The van der Waals surface area contributed by atoms with Crippen LogP contribution in [-0.2, 0) is 4.79 Å².